The third kappa shape index (κ3) is 1.68. The van der Waals surface area contributed by atoms with Gasteiger partial charge in [-0.15, -0.1) is 0 Å². The second-order valence-electron chi connectivity index (χ2n) is 4.48. The number of carbonyl (C=O) groups excluding carboxylic acids is 2. The molecule has 1 amide bonds. The van der Waals surface area contributed by atoms with Gasteiger partial charge in [0.05, 0.1) is 0 Å². The molecule has 1 aliphatic carbocycles. The molecule has 0 aromatic rings. The van der Waals surface area contributed by atoms with E-state index in [0.29, 0.717) is 11.7 Å². The van der Waals surface area contributed by atoms with Crippen LogP contribution >= 0.6 is 0 Å². The zero-order valence-electron chi connectivity index (χ0n) is 8.66. The Bertz CT molecular complexity index is 262. The number of hydrogen-bond acceptors (Lipinski definition) is 2. The second-order valence-corrected chi connectivity index (χ2v) is 4.48. The highest BCUT2D eigenvalue weighted by Crippen LogP contribution is 2.33. The molecule has 2 fully saturated rings. The maximum atomic E-state index is 11.6. The fourth-order valence-electron chi connectivity index (χ4n) is 2.76. The zero-order chi connectivity index (χ0) is 10.1. The van der Waals surface area contributed by atoms with E-state index in [-0.39, 0.29) is 11.8 Å². The van der Waals surface area contributed by atoms with Gasteiger partial charge < -0.3 is 4.90 Å². The molecule has 1 saturated heterocycles. The van der Waals surface area contributed by atoms with Gasteiger partial charge in [0, 0.05) is 32.4 Å². The lowest BCUT2D eigenvalue weighted by Crippen LogP contribution is -2.46. The number of nitrogens with zero attached hydrogens (tertiary/aromatic N) is 1. The van der Waals surface area contributed by atoms with Crippen LogP contribution in [0.25, 0.3) is 0 Å². The molecule has 0 N–H and O–H groups in total. The second kappa shape index (κ2) is 3.71. The molecule has 0 aromatic carbocycles. The first-order valence-electron chi connectivity index (χ1n) is 5.46. The average Bonchev–Trinajstić information content (AvgIpc) is 2.17. The van der Waals surface area contributed by atoms with Crippen molar-refractivity contribution in [3.63, 3.8) is 0 Å². The summed E-state index contributed by atoms with van der Waals surface area (Å²) in [5, 5.41) is 0. The summed E-state index contributed by atoms with van der Waals surface area (Å²) in [4.78, 5) is 24.7. The fourth-order valence-corrected chi connectivity index (χ4v) is 2.76. The topological polar surface area (TPSA) is 37.4 Å². The van der Waals surface area contributed by atoms with Crippen molar-refractivity contribution in [2.75, 3.05) is 13.1 Å². The lowest BCUT2D eigenvalue weighted by molar-refractivity contribution is -0.137. The average molecular weight is 195 g/mol. The maximum Gasteiger partial charge on any atom is 0.219 e. The molecule has 3 nitrogen and oxygen atoms in total. The van der Waals surface area contributed by atoms with Gasteiger partial charge in [0.1, 0.15) is 5.78 Å². The molecule has 1 aliphatic heterocycles. The van der Waals surface area contributed by atoms with Crippen molar-refractivity contribution >= 4 is 11.7 Å². The number of likely N-dealkylation sites (tertiary alicyclic amines) is 1. The molecule has 3 heteroatoms. The van der Waals surface area contributed by atoms with Gasteiger partial charge in [0.15, 0.2) is 0 Å². The Labute approximate surface area is 84.5 Å². The number of fused-ring (bicyclic) bond motifs is 1. The maximum absolute atomic E-state index is 11.6. The van der Waals surface area contributed by atoms with Crippen LogP contribution in [0.5, 0.6) is 0 Å². The van der Waals surface area contributed by atoms with Crippen LogP contribution in [0.15, 0.2) is 0 Å². The summed E-state index contributed by atoms with van der Waals surface area (Å²) >= 11 is 0. The van der Waals surface area contributed by atoms with Gasteiger partial charge in [-0.1, -0.05) is 0 Å². The summed E-state index contributed by atoms with van der Waals surface area (Å²) in [5.74, 6) is 1.30. The van der Waals surface area contributed by atoms with Crippen LogP contribution in [0.2, 0.25) is 0 Å². The summed E-state index contributed by atoms with van der Waals surface area (Å²) in [5.41, 5.74) is 0. The van der Waals surface area contributed by atoms with Gasteiger partial charge in [-0.05, 0) is 25.2 Å². The highest BCUT2D eigenvalue weighted by Gasteiger charge is 2.36. The predicted octanol–water partition coefficient (Wildman–Crippen LogP) is 1.22. The monoisotopic (exact) mass is 195 g/mol. The molecule has 0 bridgehead atoms. The van der Waals surface area contributed by atoms with Crippen molar-refractivity contribution in [1.29, 1.82) is 0 Å². The van der Waals surface area contributed by atoms with E-state index in [1.54, 1.807) is 6.92 Å². The Morgan fingerprint density at radius 1 is 1.43 bits per heavy atom. The van der Waals surface area contributed by atoms with E-state index in [4.69, 9.17) is 0 Å². The Balaban J connectivity index is 2.03. The number of carbonyl (C=O) groups is 2. The summed E-state index contributed by atoms with van der Waals surface area (Å²) in [7, 11) is 0. The summed E-state index contributed by atoms with van der Waals surface area (Å²) in [6, 6.07) is 0. The first-order chi connectivity index (χ1) is 6.68. The van der Waals surface area contributed by atoms with Gasteiger partial charge in [-0.3, -0.25) is 9.59 Å². The third-order valence-corrected chi connectivity index (χ3v) is 3.59. The lowest BCUT2D eigenvalue weighted by atomic mass is 9.74. The van der Waals surface area contributed by atoms with Crippen molar-refractivity contribution in [1.82, 2.24) is 4.90 Å². The van der Waals surface area contributed by atoms with E-state index in [1.165, 1.54) is 0 Å². The number of hydrogen-bond donors (Lipinski definition) is 0. The fraction of sp³-hybridized carbons (Fsp3) is 0.818. The molecule has 1 heterocycles. The van der Waals surface area contributed by atoms with E-state index < -0.39 is 0 Å². The van der Waals surface area contributed by atoms with Crippen molar-refractivity contribution < 1.29 is 9.59 Å². The molecule has 78 valence electrons. The van der Waals surface area contributed by atoms with E-state index in [0.717, 1.165) is 38.8 Å². The molecular weight excluding hydrogens is 178 g/mol. The highest BCUT2D eigenvalue weighted by molar-refractivity contribution is 5.82. The Morgan fingerprint density at radius 2 is 2.21 bits per heavy atom. The molecular formula is C11H17NO2. The van der Waals surface area contributed by atoms with Crippen LogP contribution in [0.4, 0.5) is 0 Å². The van der Waals surface area contributed by atoms with Crippen LogP contribution in [0.1, 0.15) is 32.6 Å². The van der Waals surface area contributed by atoms with Crippen LogP contribution in [0, 0.1) is 11.8 Å². The molecule has 2 rings (SSSR count). The van der Waals surface area contributed by atoms with Crippen LogP contribution in [-0.4, -0.2) is 29.7 Å². The third-order valence-electron chi connectivity index (χ3n) is 3.59. The molecule has 2 aliphatic rings. The quantitative estimate of drug-likeness (QED) is 0.583. The van der Waals surface area contributed by atoms with Crippen molar-refractivity contribution in [2.24, 2.45) is 11.8 Å². The highest BCUT2D eigenvalue weighted by atomic mass is 16.2. The molecule has 14 heavy (non-hydrogen) atoms. The van der Waals surface area contributed by atoms with Crippen LogP contribution in [-0.2, 0) is 9.59 Å². The van der Waals surface area contributed by atoms with Crippen LogP contribution < -0.4 is 0 Å². The van der Waals surface area contributed by atoms with Gasteiger partial charge in [-0.2, -0.15) is 0 Å². The summed E-state index contributed by atoms with van der Waals surface area (Å²) in [6.07, 6.45) is 3.80. The smallest absolute Gasteiger partial charge is 0.219 e. The SMILES string of the molecule is CC(=O)N1CCC2C(=O)CCCC2C1. The van der Waals surface area contributed by atoms with Gasteiger partial charge in [0.2, 0.25) is 5.91 Å². The van der Waals surface area contributed by atoms with Crippen molar-refractivity contribution in [3.8, 4) is 0 Å². The number of Topliss-reactive ketones (excluding diaryl/α,β-unsaturated/α-hetero) is 1. The van der Waals surface area contributed by atoms with Gasteiger partial charge in [-0.25, -0.2) is 0 Å². The minimum atomic E-state index is 0.154. The van der Waals surface area contributed by atoms with Gasteiger partial charge in [0.25, 0.3) is 0 Å². The standard InChI is InChI=1S/C11H17NO2/c1-8(13)12-6-5-10-9(7-12)3-2-4-11(10)14/h9-10H,2-7H2,1H3. The zero-order valence-corrected chi connectivity index (χ0v) is 8.66. The first-order valence-corrected chi connectivity index (χ1v) is 5.46. The Hall–Kier alpha value is -0.860. The Morgan fingerprint density at radius 3 is 2.93 bits per heavy atom. The van der Waals surface area contributed by atoms with Crippen LogP contribution in [0.3, 0.4) is 0 Å². The number of ketones is 1. The molecule has 1 saturated carbocycles. The number of amides is 1. The summed E-state index contributed by atoms with van der Waals surface area (Å²) < 4.78 is 0. The molecule has 0 radical (unpaired) electrons. The summed E-state index contributed by atoms with van der Waals surface area (Å²) in [6.45, 7) is 3.21. The molecule has 0 aromatic heterocycles. The molecule has 2 unspecified atom stereocenters. The van der Waals surface area contributed by atoms with E-state index in [2.05, 4.69) is 0 Å². The minimum absolute atomic E-state index is 0.154. The minimum Gasteiger partial charge on any atom is -0.343 e. The molecule has 2 atom stereocenters. The van der Waals surface area contributed by atoms with E-state index >= 15 is 0 Å². The predicted molar refractivity (Wildman–Crippen MR) is 52.7 cm³/mol. The van der Waals surface area contributed by atoms with E-state index in [1.807, 2.05) is 4.90 Å². The van der Waals surface area contributed by atoms with Crippen molar-refractivity contribution in [3.05, 3.63) is 0 Å². The van der Waals surface area contributed by atoms with Crippen molar-refractivity contribution in [2.45, 2.75) is 32.6 Å². The normalized spacial score (nSPS) is 32.6. The van der Waals surface area contributed by atoms with E-state index in [9.17, 15) is 9.59 Å². The number of rotatable bonds is 0. The molecule has 0 spiro atoms. The lowest BCUT2D eigenvalue weighted by Gasteiger charge is -2.39. The number of piperidine rings is 1. The Kier molecular flexibility index (Phi) is 2.57. The first kappa shape index (κ1) is 9.69. The largest absolute Gasteiger partial charge is 0.343 e. The van der Waals surface area contributed by atoms with Gasteiger partial charge >= 0.3 is 0 Å².